The van der Waals surface area contributed by atoms with E-state index >= 15 is 0 Å². The Labute approximate surface area is 109 Å². The van der Waals surface area contributed by atoms with Crippen molar-refractivity contribution in [3.05, 3.63) is 0 Å². The SMILES string of the molecule is CCCCCCCCCCCCCC(C)(C)[O]. The molecular weight excluding hydrogens is 208 g/mol. The predicted molar refractivity (Wildman–Crippen MR) is 75.8 cm³/mol. The van der Waals surface area contributed by atoms with E-state index in [1.807, 2.05) is 0 Å². The summed E-state index contributed by atoms with van der Waals surface area (Å²) in [6, 6.07) is 0. The molecule has 0 aliphatic heterocycles. The summed E-state index contributed by atoms with van der Waals surface area (Å²) in [5.41, 5.74) is -0.709. The van der Waals surface area contributed by atoms with E-state index in [0.29, 0.717) is 0 Å². The quantitative estimate of drug-likeness (QED) is 0.379. The smallest absolute Gasteiger partial charge is 0.0980 e. The molecule has 1 heteroatoms. The maximum atomic E-state index is 11.4. The molecule has 0 aromatic rings. The normalized spacial score (nSPS) is 12.0. The first-order chi connectivity index (χ1) is 8.06. The van der Waals surface area contributed by atoms with Crippen molar-refractivity contribution in [2.24, 2.45) is 0 Å². The van der Waals surface area contributed by atoms with Crippen LogP contribution in [-0.4, -0.2) is 5.60 Å². The minimum Gasteiger partial charge on any atom is -0.230 e. The molecule has 0 saturated heterocycles. The average molecular weight is 241 g/mol. The lowest BCUT2D eigenvalue weighted by Crippen LogP contribution is -2.15. The number of rotatable bonds is 12. The van der Waals surface area contributed by atoms with Crippen LogP contribution in [0.15, 0.2) is 0 Å². The zero-order valence-electron chi connectivity index (χ0n) is 12.4. The minimum atomic E-state index is -0.709. The van der Waals surface area contributed by atoms with Crippen LogP contribution in [0.2, 0.25) is 0 Å². The van der Waals surface area contributed by atoms with Gasteiger partial charge in [-0.2, -0.15) is 0 Å². The predicted octanol–water partition coefficient (Wildman–Crippen LogP) is 5.90. The lowest BCUT2D eigenvalue weighted by molar-refractivity contribution is -0.00511. The highest BCUT2D eigenvalue weighted by atomic mass is 16.3. The summed E-state index contributed by atoms with van der Waals surface area (Å²) >= 11 is 0. The lowest BCUT2D eigenvalue weighted by Gasteiger charge is -2.13. The van der Waals surface area contributed by atoms with E-state index in [1.165, 1.54) is 64.2 Å². The van der Waals surface area contributed by atoms with Gasteiger partial charge in [0.1, 0.15) is 0 Å². The van der Waals surface area contributed by atoms with Crippen molar-refractivity contribution in [2.75, 3.05) is 0 Å². The lowest BCUT2D eigenvalue weighted by atomic mass is 9.99. The van der Waals surface area contributed by atoms with Gasteiger partial charge in [0, 0.05) is 0 Å². The van der Waals surface area contributed by atoms with Crippen LogP contribution in [0.3, 0.4) is 0 Å². The molecule has 0 aromatic heterocycles. The van der Waals surface area contributed by atoms with Gasteiger partial charge in [-0.3, -0.25) is 0 Å². The highest BCUT2D eigenvalue weighted by Gasteiger charge is 2.13. The first kappa shape index (κ1) is 17.0. The fraction of sp³-hybridized carbons (Fsp3) is 1.00. The van der Waals surface area contributed by atoms with Crippen LogP contribution in [-0.2, 0) is 5.11 Å². The van der Waals surface area contributed by atoms with E-state index in [1.54, 1.807) is 13.8 Å². The third kappa shape index (κ3) is 16.0. The molecule has 0 bridgehead atoms. The van der Waals surface area contributed by atoms with Crippen molar-refractivity contribution in [1.82, 2.24) is 0 Å². The molecule has 0 saturated carbocycles. The monoisotopic (exact) mass is 241 g/mol. The van der Waals surface area contributed by atoms with Gasteiger partial charge in [-0.1, -0.05) is 77.6 Å². The summed E-state index contributed by atoms with van der Waals surface area (Å²) < 4.78 is 0. The van der Waals surface area contributed by atoms with Crippen LogP contribution in [0.1, 0.15) is 97.8 Å². The molecule has 0 unspecified atom stereocenters. The summed E-state index contributed by atoms with van der Waals surface area (Å²) in [6.45, 7) is 5.86. The maximum absolute atomic E-state index is 11.4. The third-order valence-electron chi connectivity index (χ3n) is 3.38. The van der Waals surface area contributed by atoms with E-state index in [2.05, 4.69) is 6.92 Å². The van der Waals surface area contributed by atoms with Crippen molar-refractivity contribution in [1.29, 1.82) is 0 Å². The Hall–Kier alpha value is -0.0400. The van der Waals surface area contributed by atoms with Crippen LogP contribution < -0.4 is 0 Å². The van der Waals surface area contributed by atoms with E-state index in [9.17, 15) is 5.11 Å². The van der Waals surface area contributed by atoms with Crippen molar-refractivity contribution in [2.45, 2.75) is 103 Å². The molecular formula is C16H33O. The summed E-state index contributed by atoms with van der Waals surface area (Å²) in [6.07, 6.45) is 15.7. The Morgan fingerprint density at radius 2 is 1.00 bits per heavy atom. The molecule has 0 aliphatic rings. The zero-order valence-corrected chi connectivity index (χ0v) is 12.4. The van der Waals surface area contributed by atoms with Gasteiger partial charge in [0.2, 0.25) is 0 Å². The fourth-order valence-corrected chi connectivity index (χ4v) is 2.21. The Morgan fingerprint density at radius 3 is 1.35 bits per heavy atom. The first-order valence-corrected chi connectivity index (χ1v) is 7.76. The Kier molecular flexibility index (Phi) is 11.0. The second-order valence-electron chi connectivity index (χ2n) is 6.05. The van der Waals surface area contributed by atoms with Crippen molar-refractivity contribution >= 4 is 0 Å². The molecule has 1 nitrogen and oxygen atoms in total. The molecule has 103 valence electrons. The molecule has 0 amide bonds. The summed E-state index contributed by atoms with van der Waals surface area (Å²) in [4.78, 5) is 0. The number of unbranched alkanes of at least 4 members (excludes halogenated alkanes) is 10. The van der Waals surface area contributed by atoms with Crippen LogP contribution in [0.5, 0.6) is 0 Å². The summed E-state index contributed by atoms with van der Waals surface area (Å²) in [5, 5.41) is 11.4. The molecule has 0 fully saturated rings. The van der Waals surface area contributed by atoms with Crippen LogP contribution in [0.25, 0.3) is 0 Å². The maximum Gasteiger partial charge on any atom is 0.0980 e. The third-order valence-corrected chi connectivity index (χ3v) is 3.38. The van der Waals surface area contributed by atoms with Gasteiger partial charge in [-0.05, 0) is 20.3 Å². The Balaban J connectivity index is 2.99. The molecule has 17 heavy (non-hydrogen) atoms. The number of hydrogen-bond acceptors (Lipinski definition) is 0. The van der Waals surface area contributed by atoms with E-state index in [-0.39, 0.29) is 0 Å². The van der Waals surface area contributed by atoms with Crippen LogP contribution >= 0.6 is 0 Å². The van der Waals surface area contributed by atoms with Crippen molar-refractivity contribution in [3.63, 3.8) is 0 Å². The molecule has 0 atom stereocenters. The van der Waals surface area contributed by atoms with Crippen molar-refractivity contribution < 1.29 is 5.11 Å². The average Bonchev–Trinajstić information content (AvgIpc) is 2.24. The Bertz CT molecular complexity index is 146. The number of hydrogen-bond donors (Lipinski definition) is 0. The minimum absolute atomic E-state index is 0.709. The molecule has 0 N–H and O–H groups in total. The van der Waals surface area contributed by atoms with Gasteiger partial charge in [0.05, 0.1) is 5.60 Å². The summed E-state index contributed by atoms with van der Waals surface area (Å²) in [7, 11) is 0. The van der Waals surface area contributed by atoms with Gasteiger partial charge in [0.25, 0.3) is 0 Å². The van der Waals surface area contributed by atoms with Gasteiger partial charge in [0.15, 0.2) is 0 Å². The molecule has 0 aliphatic carbocycles. The van der Waals surface area contributed by atoms with Crippen LogP contribution in [0, 0.1) is 0 Å². The van der Waals surface area contributed by atoms with E-state index in [0.717, 1.165) is 12.8 Å². The second-order valence-corrected chi connectivity index (χ2v) is 6.05. The largest absolute Gasteiger partial charge is 0.230 e. The fourth-order valence-electron chi connectivity index (χ4n) is 2.21. The molecule has 0 heterocycles. The van der Waals surface area contributed by atoms with E-state index in [4.69, 9.17) is 0 Å². The highest BCUT2D eigenvalue weighted by molar-refractivity contribution is 4.63. The zero-order chi connectivity index (χ0) is 13.0. The summed E-state index contributed by atoms with van der Waals surface area (Å²) in [5.74, 6) is 0. The van der Waals surface area contributed by atoms with Crippen LogP contribution in [0.4, 0.5) is 0 Å². The van der Waals surface area contributed by atoms with Gasteiger partial charge in [-0.15, -0.1) is 0 Å². The molecule has 0 rings (SSSR count). The van der Waals surface area contributed by atoms with Crippen molar-refractivity contribution in [3.8, 4) is 0 Å². The van der Waals surface area contributed by atoms with Gasteiger partial charge < -0.3 is 0 Å². The van der Waals surface area contributed by atoms with Gasteiger partial charge >= 0.3 is 0 Å². The van der Waals surface area contributed by atoms with Gasteiger partial charge in [-0.25, -0.2) is 5.11 Å². The second kappa shape index (κ2) is 11.1. The molecule has 0 aromatic carbocycles. The topological polar surface area (TPSA) is 19.9 Å². The standard InChI is InChI=1S/C16H33O/c1-4-5-6-7-8-9-10-11-12-13-14-15-16(2,3)17/h4-15H2,1-3H3. The highest BCUT2D eigenvalue weighted by Crippen LogP contribution is 2.16. The Morgan fingerprint density at radius 1 is 0.647 bits per heavy atom. The first-order valence-electron chi connectivity index (χ1n) is 7.76. The van der Waals surface area contributed by atoms with E-state index < -0.39 is 5.60 Å². The molecule has 1 radical (unpaired) electrons. The molecule has 0 spiro atoms.